The molecule has 1 fully saturated rings. The predicted molar refractivity (Wildman–Crippen MR) is 66.8 cm³/mol. The largest absolute Gasteiger partial charge is 0.486 e. The van der Waals surface area contributed by atoms with Crippen molar-refractivity contribution in [3.8, 4) is 5.75 Å². The van der Waals surface area contributed by atoms with Crippen molar-refractivity contribution in [2.75, 3.05) is 13.6 Å². The van der Waals surface area contributed by atoms with E-state index in [1.54, 1.807) is 25.4 Å². The molecule has 0 saturated carbocycles. The van der Waals surface area contributed by atoms with Crippen molar-refractivity contribution in [2.45, 2.75) is 19.1 Å². The number of pyridine rings is 1. The minimum atomic E-state index is -0.190. The standard InChI is InChI=1S/C11H15N3O2.ClH/c1-7-10(6-13-7)16-8-3-4-9(14-5-8)11(15)12-2;/h3-5,7,10,13H,6H2,1-2H3,(H,12,15);1H/t7-,10+;/m1./s1. The summed E-state index contributed by atoms with van der Waals surface area (Å²) in [6.07, 6.45) is 1.78. The fraction of sp³-hybridized carbons (Fsp3) is 0.455. The van der Waals surface area contributed by atoms with Crippen LogP contribution < -0.4 is 15.4 Å². The van der Waals surface area contributed by atoms with Gasteiger partial charge in [-0.05, 0) is 19.1 Å². The van der Waals surface area contributed by atoms with E-state index in [0.717, 1.165) is 6.54 Å². The number of carbonyl (C=O) groups excluding carboxylic acids is 1. The Morgan fingerprint density at radius 1 is 1.59 bits per heavy atom. The van der Waals surface area contributed by atoms with Gasteiger partial charge in [-0.2, -0.15) is 0 Å². The highest BCUT2D eigenvalue weighted by atomic mass is 35.5. The Labute approximate surface area is 106 Å². The van der Waals surface area contributed by atoms with Gasteiger partial charge in [-0.15, -0.1) is 12.4 Å². The van der Waals surface area contributed by atoms with Crippen molar-refractivity contribution in [3.05, 3.63) is 24.0 Å². The molecule has 2 rings (SSSR count). The van der Waals surface area contributed by atoms with Crippen LogP contribution in [0.5, 0.6) is 5.75 Å². The fourth-order valence-corrected chi connectivity index (χ4v) is 1.48. The first-order valence-electron chi connectivity index (χ1n) is 5.29. The zero-order valence-corrected chi connectivity index (χ0v) is 10.6. The molecule has 0 radical (unpaired) electrons. The third kappa shape index (κ3) is 3.08. The predicted octanol–water partition coefficient (Wildman–Crippen LogP) is 0.602. The lowest BCUT2D eigenvalue weighted by atomic mass is 10.1. The maximum Gasteiger partial charge on any atom is 0.269 e. The second-order valence-corrected chi connectivity index (χ2v) is 3.81. The second kappa shape index (κ2) is 5.84. The number of amides is 1. The number of carbonyl (C=O) groups is 1. The lowest BCUT2D eigenvalue weighted by Gasteiger charge is -2.35. The number of ether oxygens (including phenoxy) is 1. The van der Waals surface area contributed by atoms with Crippen molar-refractivity contribution < 1.29 is 9.53 Å². The molecule has 2 heterocycles. The lowest BCUT2D eigenvalue weighted by molar-refractivity contribution is 0.0928. The maximum atomic E-state index is 11.2. The number of aromatic nitrogens is 1. The van der Waals surface area contributed by atoms with Gasteiger partial charge in [-0.1, -0.05) is 0 Å². The van der Waals surface area contributed by atoms with Gasteiger partial charge in [-0.25, -0.2) is 4.98 Å². The summed E-state index contributed by atoms with van der Waals surface area (Å²) in [5.74, 6) is 0.510. The van der Waals surface area contributed by atoms with Crippen LogP contribution >= 0.6 is 12.4 Å². The van der Waals surface area contributed by atoms with Crippen LogP contribution in [0.15, 0.2) is 18.3 Å². The molecule has 0 spiro atoms. The van der Waals surface area contributed by atoms with Gasteiger partial charge in [0.2, 0.25) is 0 Å². The van der Waals surface area contributed by atoms with Gasteiger partial charge in [0.15, 0.2) is 0 Å². The Hall–Kier alpha value is -1.33. The summed E-state index contributed by atoms with van der Waals surface area (Å²) in [4.78, 5) is 15.3. The van der Waals surface area contributed by atoms with Crippen LogP contribution in [0.2, 0.25) is 0 Å². The van der Waals surface area contributed by atoms with Crippen LogP contribution in [0.1, 0.15) is 17.4 Å². The van der Waals surface area contributed by atoms with Gasteiger partial charge in [0.25, 0.3) is 5.91 Å². The molecule has 0 unspecified atom stereocenters. The average molecular weight is 258 g/mol. The summed E-state index contributed by atoms with van der Waals surface area (Å²) in [6.45, 7) is 2.93. The Morgan fingerprint density at radius 3 is 2.76 bits per heavy atom. The Kier molecular flexibility index (Phi) is 4.72. The number of nitrogens with one attached hydrogen (secondary N) is 2. The number of hydrogen-bond donors (Lipinski definition) is 2. The first-order valence-corrected chi connectivity index (χ1v) is 5.29. The smallest absolute Gasteiger partial charge is 0.269 e. The van der Waals surface area contributed by atoms with Crippen molar-refractivity contribution in [1.82, 2.24) is 15.6 Å². The van der Waals surface area contributed by atoms with E-state index in [4.69, 9.17) is 4.74 Å². The van der Waals surface area contributed by atoms with E-state index >= 15 is 0 Å². The molecule has 2 atom stereocenters. The van der Waals surface area contributed by atoms with Gasteiger partial charge in [0.05, 0.1) is 6.20 Å². The quantitative estimate of drug-likeness (QED) is 0.833. The molecule has 0 aromatic carbocycles. The molecule has 5 nitrogen and oxygen atoms in total. The third-order valence-corrected chi connectivity index (χ3v) is 2.68. The van der Waals surface area contributed by atoms with E-state index in [-0.39, 0.29) is 24.4 Å². The highest BCUT2D eigenvalue weighted by Gasteiger charge is 2.27. The second-order valence-electron chi connectivity index (χ2n) is 3.81. The molecular formula is C11H16ClN3O2. The van der Waals surface area contributed by atoms with Gasteiger partial charge in [0.1, 0.15) is 17.5 Å². The normalized spacial score (nSPS) is 22.0. The van der Waals surface area contributed by atoms with Crippen LogP contribution in [-0.4, -0.2) is 36.6 Å². The van der Waals surface area contributed by atoms with Crippen molar-refractivity contribution >= 4 is 18.3 Å². The molecule has 1 aromatic heterocycles. The molecule has 17 heavy (non-hydrogen) atoms. The van der Waals surface area contributed by atoms with Gasteiger partial charge in [-0.3, -0.25) is 4.79 Å². The molecule has 94 valence electrons. The summed E-state index contributed by atoms with van der Waals surface area (Å²) in [5.41, 5.74) is 0.398. The molecule has 1 amide bonds. The topological polar surface area (TPSA) is 63.2 Å². The first-order chi connectivity index (χ1) is 7.70. The number of rotatable bonds is 3. The zero-order valence-electron chi connectivity index (χ0n) is 9.77. The van der Waals surface area contributed by atoms with Gasteiger partial charge in [0, 0.05) is 19.6 Å². The Bertz CT molecular complexity index is 383. The fourth-order valence-electron chi connectivity index (χ4n) is 1.48. The Balaban J connectivity index is 0.00000144. The lowest BCUT2D eigenvalue weighted by Crippen LogP contribution is -2.58. The van der Waals surface area contributed by atoms with Gasteiger partial charge >= 0.3 is 0 Å². The minimum Gasteiger partial charge on any atom is -0.486 e. The molecule has 6 heteroatoms. The van der Waals surface area contributed by atoms with Crippen molar-refractivity contribution in [3.63, 3.8) is 0 Å². The van der Waals surface area contributed by atoms with Crippen LogP contribution in [0, 0.1) is 0 Å². The maximum absolute atomic E-state index is 11.2. The van der Waals surface area contributed by atoms with E-state index in [1.807, 2.05) is 0 Å². The molecule has 1 aromatic rings. The average Bonchev–Trinajstić information content (AvgIpc) is 2.34. The summed E-state index contributed by atoms with van der Waals surface area (Å²) >= 11 is 0. The zero-order chi connectivity index (χ0) is 11.5. The van der Waals surface area contributed by atoms with E-state index in [1.165, 1.54) is 0 Å². The molecule has 0 aliphatic carbocycles. The number of halogens is 1. The third-order valence-electron chi connectivity index (χ3n) is 2.68. The number of hydrogen-bond acceptors (Lipinski definition) is 4. The van der Waals surface area contributed by atoms with E-state index in [9.17, 15) is 4.79 Å². The van der Waals surface area contributed by atoms with E-state index in [0.29, 0.717) is 17.5 Å². The summed E-state index contributed by atoms with van der Waals surface area (Å²) in [6, 6.07) is 3.80. The summed E-state index contributed by atoms with van der Waals surface area (Å²) in [5, 5.41) is 5.73. The van der Waals surface area contributed by atoms with E-state index < -0.39 is 0 Å². The SMILES string of the molecule is CNC(=O)c1ccc(O[C@H]2CN[C@@H]2C)cn1.Cl. The molecule has 0 bridgehead atoms. The summed E-state index contributed by atoms with van der Waals surface area (Å²) < 4.78 is 5.67. The minimum absolute atomic E-state index is 0. The molecule has 2 N–H and O–H groups in total. The highest BCUT2D eigenvalue weighted by molar-refractivity contribution is 5.91. The van der Waals surface area contributed by atoms with Crippen molar-refractivity contribution in [2.24, 2.45) is 0 Å². The van der Waals surface area contributed by atoms with Crippen LogP contribution in [0.25, 0.3) is 0 Å². The van der Waals surface area contributed by atoms with Crippen LogP contribution in [0.4, 0.5) is 0 Å². The highest BCUT2D eigenvalue weighted by Crippen LogP contribution is 2.15. The van der Waals surface area contributed by atoms with Crippen molar-refractivity contribution in [1.29, 1.82) is 0 Å². The molecule has 1 saturated heterocycles. The Morgan fingerprint density at radius 2 is 2.35 bits per heavy atom. The molecule has 1 aliphatic rings. The first kappa shape index (κ1) is 13.7. The van der Waals surface area contributed by atoms with E-state index in [2.05, 4.69) is 22.5 Å². The summed E-state index contributed by atoms with van der Waals surface area (Å²) in [7, 11) is 1.58. The van der Waals surface area contributed by atoms with Crippen LogP contribution in [-0.2, 0) is 0 Å². The molecular weight excluding hydrogens is 242 g/mol. The van der Waals surface area contributed by atoms with Gasteiger partial charge < -0.3 is 15.4 Å². The monoisotopic (exact) mass is 257 g/mol. The molecule has 1 aliphatic heterocycles. The number of nitrogens with zero attached hydrogens (tertiary/aromatic N) is 1. The van der Waals surface area contributed by atoms with Crippen LogP contribution in [0.3, 0.4) is 0 Å².